The molecule has 5 rings (SSSR count). The van der Waals surface area contributed by atoms with E-state index in [0.717, 1.165) is 63.5 Å². The second-order valence-corrected chi connectivity index (χ2v) is 9.75. The summed E-state index contributed by atoms with van der Waals surface area (Å²) in [7, 11) is 1.96. The number of carbonyl (C=O) groups is 1. The Balaban J connectivity index is 1.29. The Bertz CT molecular complexity index is 960. The van der Waals surface area contributed by atoms with Gasteiger partial charge in [0.15, 0.2) is 5.69 Å². The van der Waals surface area contributed by atoms with E-state index in [9.17, 15) is 9.90 Å². The average Bonchev–Trinajstić information content (AvgIpc) is 3.13. The van der Waals surface area contributed by atoms with Crippen molar-refractivity contribution in [2.45, 2.75) is 76.0 Å². The molecule has 6 nitrogen and oxygen atoms in total. The van der Waals surface area contributed by atoms with Crippen molar-refractivity contribution in [3.63, 3.8) is 0 Å². The number of amides is 1. The zero-order valence-electron chi connectivity index (χ0n) is 18.6. The van der Waals surface area contributed by atoms with Gasteiger partial charge in [0.1, 0.15) is 0 Å². The lowest BCUT2D eigenvalue weighted by Gasteiger charge is -2.35. The molecule has 1 saturated carbocycles. The first-order valence-electron chi connectivity index (χ1n) is 11.9. The highest BCUT2D eigenvalue weighted by Gasteiger charge is 2.34. The number of rotatable bonds is 4. The second-order valence-electron chi connectivity index (χ2n) is 9.75. The average molecular weight is 423 g/mol. The Kier molecular flexibility index (Phi) is 5.61. The Hall–Kier alpha value is -2.18. The van der Waals surface area contributed by atoms with E-state index in [1.165, 1.54) is 23.2 Å². The Labute approximate surface area is 184 Å². The highest BCUT2D eigenvalue weighted by Crippen LogP contribution is 2.30. The van der Waals surface area contributed by atoms with Gasteiger partial charge in [-0.1, -0.05) is 43.5 Å². The van der Waals surface area contributed by atoms with Crippen LogP contribution in [0.5, 0.6) is 0 Å². The van der Waals surface area contributed by atoms with Crippen molar-refractivity contribution >= 4 is 5.91 Å². The van der Waals surface area contributed by atoms with Crippen molar-refractivity contribution in [3.8, 4) is 0 Å². The van der Waals surface area contributed by atoms with Gasteiger partial charge in [0.05, 0.1) is 5.60 Å². The summed E-state index contributed by atoms with van der Waals surface area (Å²) in [6.45, 7) is 2.06. The molecule has 6 heteroatoms. The number of carbonyl (C=O) groups excluding carboxylic acids is 1. The van der Waals surface area contributed by atoms with Gasteiger partial charge in [0, 0.05) is 44.0 Å². The number of aromatic nitrogens is 2. The molecule has 0 spiro atoms. The van der Waals surface area contributed by atoms with Crippen LogP contribution in [0.1, 0.15) is 71.4 Å². The Morgan fingerprint density at radius 1 is 1.19 bits per heavy atom. The number of nitrogens with zero attached hydrogens (tertiary/aromatic N) is 3. The van der Waals surface area contributed by atoms with Gasteiger partial charge in [0.2, 0.25) is 0 Å². The minimum Gasteiger partial charge on any atom is -0.389 e. The van der Waals surface area contributed by atoms with E-state index >= 15 is 0 Å². The smallest absolute Gasteiger partial charge is 0.274 e. The van der Waals surface area contributed by atoms with Crippen LogP contribution < -0.4 is 5.32 Å². The molecule has 0 radical (unpaired) electrons. The van der Waals surface area contributed by atoms with E-state index in [4.69, 9.17) is 0 Å². The van der Waals surface area contributed by atoms with E-state index in [1.807, 2.05) is 22.7 Å². The normalized spacial score (nSPS) is 22.6. The lowest BCUT2D eigenvalue weighted by Crippen LogP contribution is -2.47. The Morgan fingerprint density at radius 2 is 1.97 bits per heavy atom. The van der Waals surface area contributed by atoms with Gasteiger partial charge in [-0.05, 0) is 49.7 Å². The van der Waals surface area contributed by atoms with E-state index in [1.54, 1.807) is 0 Å². The van der Waals surface area contributed by atoms with Crippen molar-refractivity contribution in [3.05, 3.63) is 52.3 Å². The number of aryl methyl sites for hydroxylation is 1. The van der Waals surface area contributed by atoms with Crippen LogP contribution in [0.25, 0.3) is 0 Å². The first-order chi connectivity index (χ1) is 15.0. The monoisotopic (exact) mass is 422 g/mol. The maximum atomic E-state index is 13.4. The molecule has 2 aromatic rings. The standard InChI is InChI=1S/C25H34N4O2/c1-28-22-10-9-20(26-17-25(31)12-5-2-6-13-25)15-21(22)23(27-28)24(30)29-14-11-18-7-3-4-8-19(18)16-29/h3-4,7-8,20,26,31H,2,5-6,9-17H2,1H3. The quantitative estimate of drug-likeness (QED) is 0.795. The molecule has 0 bridgehead atoms. The van der Waals surface area contributed by atoms with Crippen LogP contribution in [-0.2, 0) is 32.9 Å². The van der Waals surface area contributed by atoms with Gasteiger partial charge in [-0.2, -0.15) is 5.10 Å². The summed E-state index contributed by atoms with van der Waals surface area (Å²) < 4.78 is 1.91. The Morgan fingerprint density at radius 3 is 2.77 bits per heavy atom. The molecule has 1 unspecified atom stereocenters. The predicted molar refractivity (Wildman–Crippen MR) is 120 cm³/mol. The molecule has 0 saturated heterocycles. The van der Waals surface area contributed by atoms with Gasteiger partial charge in [0.25, 0.3) is 5.91 Å². The third kappa shape index (κ3) is 4.15. The van der Waals surface area contributed by atoms with Gasteiger partial charge in [-0.15, -0.1) is 0 Å². The van der Waals surface area contributed by atoms with Crippen LogP contribution in [0, 0.1) is 0 Å². The minimum atomic E-state index is -0.562. The zero-order valence-corrected chi connectivity index (χ0v) is 18.6. The summed E-state index contributed by atoms with van der Waals surface area (Å²) in [6.07, 6.45) is 8.91. The molecule has 166 valence electrons. The highest BCUT2D eigenvalue weighted by molar-refractivity contribution is 5.94. The lowest BCUT2D eigenvalue weighted by atomic mass is 9.84. The number of fused-ring (bicyclic) bond motifs is 2. The number of benzene rings is 1. The summed E-state index contributed by atoms with van der Waals surface area (Å²) in [5.74, 6) is 0.0536. The SMILES string of the molecule is Cn1nc(C(=O)N2CCc3ccccc3C2)c2c1CCC(NCC1(O)CCCCC1)C2. The molecular formula is C25H34N4O2. The summed E-state index contributed by atoms with van der Waals surface area (Å²) in [5, 5.41) is 19.2. The molecule has 1 amide bonds. The van der Waals surface area contributed by atoms with Gasteiger partial charge in [-0.3, -0.25) is 9.48 Å². The molecule has 3 aliphatic rings. The maximum Gasteiger partial charge on any atom is 0.274 e. The first-order valence-corrected chi connectivity index (χ1v) is 11.9. The van der Waals surface area contributed by atoms with E-state index in [0.29, 0.717) is 18.8 Å². The van der Waals surface area contributed by atoms with Gasteiger partial charge >= 0.3 is 0 Å². The molecule has 2 aliphatic carbocycles. The molecule has 2 heterocycles. The molecule has 1 aliphatic heterocycles. The fourth-order valence-corrected chi connectivity index (χ4v) is 5.68. The largest absolute Gasteiger partial charge is 0.389 e. The number of hydrogen-bond donors (Lipinski definition) is 2. The number of hydrogen-bond acceptors (Lipinski definition) is 4. The molecule has 2 N–H and O–H groups in total. The van der Waals surface area contributed by atoms with Gasteiger partial charge in [-0.25, -0.2) is 0 Å². The van der Waals surface area contributed by atoms with Crippen LogP contribution in [0.4, 0.5) is 0 Å². The minimum absolute atomic E-state index is 0.0536. The number of aliphatic hydroxyl groups is 1. The van der Waals surface area contributed by atoms with E-state index in [2.05, 4.69) is 28.6 Å². The topological polar surface area (TPSA) is 70.4 Å². The fraction of sp³-hybridized carbons (Fsp3) is 0.600. The van der Waals surface area contributed by atoms with Crippen LogP contribution in [0.2, 0.25) is 0 Å². The van der Waals surface area contributed by atoms with Crippen molar-refractivity contribution in [2.24, 2.45) is 7.05 Å². The van der Waals surface area contributed by atoms with Crippen LogP contribution >= 0.6 is 0 Å². The van der Waals surface area contributed by atoms with Crippen molar-refractivity contribution < 1.29 is 9.90 Å². The summed E-state index contributed by atoms with van der Waals surface area (Å²) >= 11 is 0. The third-order valence-corrected chi connectivity index (χ3v) is 7.58. The highest BCUT2D eigenvalue weighted by atomic mass is 16.3. The van der Waals surface area contributed by atoms with Crippen LogP contribution in [0.3, 0.4) is 0 Å². The predicted octanol–water partition coefficient (Wildman–Crippen LogP) is 2.76. The zero-order chi connectivity index (χ0) is 21.4. The molecule has 31 heavy (non-hydrogen) atoms. The van der Waals surface area contributed by atoms with Crippen LogP contribution in [-0.4, -0.2) is 50.4 Å². The second kappa shape index (κ2) is 8.40. The van der Waals surface area contributed by atoms with Crippen molar-refractivity contribution in [2.75, 3.05) is 13.1 Å². The number of nitrogens with one attached hydrogen (secondary N) is 1. The molecule has 1 aromatic carbocycles. The lowest BCUT2D eigenvalue weighted by molar-refractivity contribution is 0.00227. The maximum absolute atomic E-state index is 13.4. The summed E-state index contributed by atoms with van der Waals surface area (Å²) in [6, 6.07) is 8.69. The van der Waals surface area contributed by atoms with E-state index in [-0.39, 0.29) is 11.9 Å². The van der Waals surface area contributed by atoms with Gasteiger partial charge < -0.3 is 15.3 Å². The first kappa shape index (κ1) is 20.7. The molecule has 1 atom stereocenters. The summed E-state index contributed by atoms with van der Waals surface area (Å²) in [5.41, 5.74) is 4.94. The van der Waals surface area contributed by atoms with Crippen molar-refractivity contribution in [1.29, 1.82) is 0 Å². The molecular weight excluding hydrogens is 388 g/mol. The van der Waals surface area contributed by atoms with E-state index < -0.39 is 5.60 Å². The molecule has 1 fully saturated rings. The van der Waals surface area contributed by atoms with Crippen LogP contribution in [0.15, 0.2) is 24.3 Å². The van der Waals surface area contributed by atoms with Crippen molar-refractivity contribution in [1.82, 2.24) is 20.0 Å². The fourth-order valence-electron chi connectivity index (χ4n) is 5.68. The molecule has 1 aromatic heterocycles. The third-order valence-electron chi connectivity index (χ3n) is 7.58. The summed E-state index contributed by atoms with van der Waals surface area (Å²) in [4.78, 5) is 15.4.